The molecule has 1 unspecified atom stereocenters. The largest absolute Gasteiger partial charge is 0.370 e. The van der Waals surface area contributed by atoms with Gasteiger partial charge < -0.3 is 5.73 Å². The summed E-state index contributed by atoms with van der Waals surface area (Å²) in [5.74, 6) is -0.198. The highest BCUT2D eigenvalue weighted by molar-refractivity contribution is 9.09. The van der Waals surface area contributed by atoms with Gasteiger partial charge in [-0.05, 0) is 19.3 Å². The molecule has 60 valence electrons. The van der Waals surface area contributed by atoms with Crippen molar-refractivity contribution in [1.82, 2.24) is 0 Å². The molecule has 0 saturated heterocycles. The molecule has 0 radical (unpaired) electrons. The molecule has 0 aliphatic carbocycles. The van der Waals surface area contributed by atoms with Crippen LogP contribution in [0.25, 0.3) is 0 Å². The van der Waals surface area contributed by atoms with Gasteiger partial charge in [0.05, 0.1) is 0 Å². The van der Waals surface area contributed by atoms with Crippen LogP contribution >= 0.6 is 15.9 Å². The second-order valence-corrected chi connectivity index (χ2v) is 3.66. The van der Waals surface area contributed by atoms with Crippen LogP contribution in [0.15, 0.2) is 0 Å². The van der Waals surface area contributed by atoms with Crippen molar-refractivity contribution in [1.29, 1.82) is 0 Å². The fraction of sp³-hybridized carbons (Fsp3) is 0.857. The first-order valence-corrected chi connectivity index (χ1v) is 4.50. The number of primary amides is 1. The topological polar surface area (TPSA) is 43.1 Å². The second kappa shape index (κ2) is 5.71. The van der Waals surface area contributed by atoms with Crippen LogP contribution in [0.1, 0.15) is 32.6 Å². The Labute approximate surface area is 70.3 Å². The number of nitrogens with two attached hydrogens (primary N) is 1. The van der Waals surface area contributed by atoms with Crippen LogP contribution in [-0.2, 0) is 4.79 Å². The number of hydrogen-bond donors (Lipinski definition) is 1. The molecule has 2 nitrogen and oxygen atoms in total. The lowest BCUT2D eigenvalue weighted by molar-refractivity contribution is -0.118. The zero-order chi connectivity index (χ0) is 7.98. The molecule has 0 rings (SSSR count). The van der Waals surface area contributed by atoms with Gasteiger partial charge in [-0.15, -0.1) is 0 Å². The van der Waals surface area contributed by atoms with E-state index in [-0.39, 0.29) is 5.91 Å². The third-order valence-corrected chi connectivity index (χ3v) is 2.49. The van der Waals surface area contributed by atoms with E-state index in [1.807, 2.05) is 0 Å². The molecule has 0 spiro atoms. The van der Waals surface area contributed by atoms with Crippen molar-refractivity contribution in [3.05, 3.63) is 0 Å². The molecular weight excluding hydrogens is 194 g/mol. The Bertz CT molecular complexity index is 106. The van der Waals surface area contributed by atoms with Gasteiger partial charge in [0, 0.05) is 11.2 Å². The summed E-state index contributed by atoms with van der Waals surface area (Å²) in [5, 5.41) is 0. The fourth-order valence-corrected chi connectivity index (χ4v) is 1.03. The van der Waals surface area contributed by atoms with Crippen LogP contribution < -0.4 is 5.73 Å². The third-order valence-electron chi connectivity index (χ3n) is 1.38. The summed E-state index contributed by atoms with van der Waals surface area (Å²) in [6, 6.07) is 0. The molecule has 10 heavy (non-hydrogen) atoms. The average molecular weight is 208 g/mol. The number of halogens is 1. The average Bonchev–Trinajstić information content (AvgIpc) is 1.87. The SMILES string of the molecule is CCC(Br)CCCC(N)=O. The maximum atomic E-state index is 10.3. The maximum Gasteiger partial charge on any atom is 0.217 e. The molecular formula is C7H14BrNO. The lowest BCUT2D eigenvalue weighted by Crippen LogP contribution is -2.10. The minimum Gasteiger partial charge on any atom is -0.370 e. The zero-order valence-corrected chi connectivity index (χ0v) is 7.86. The number of carbonyl (C=O) groups is 1. The van der Waals surface area contributed by atoms with Crippen molar-refractivity contribution in [2.75, 3.05) is 0 Å². The summed E-state index contributed by atoms with van der Waals surface area (Å²) in [7, 11) is 0. The van der Waals surface area contributed by atoms with Crippen molar-refractivity contribution in [2.45, 2.75) is 37.4 Å². The molecule has 1 amide bonds. The van der Waals surface area contributed by atoms with E-state index in [1.165, 1.54) is 0 Å². The summed E-state index contributed by atoms with van der Waals surface area (Å²) in [4.78, 5) is 10.8. The van der Waals surface area contributed by atoms with Gasteiger partial charge in [0.2, 0.25) is 5.91 Å². The number of carbonyl (C=O) groups excluding carboxylic acids is 1. The molecule has 0 bridgehead atoms. The Hall–Kier alpha value is -0.0500. The third kappa shape index (κ3) is 6.08. The van der Waals surface area contributed by atoms with Gasteiger partial charge in [0.15, 0.2) is 0 Å². The summed E-state index contributed by atoms with van der Waals surface area (Å²) in [6.07, 6.45) is 3.57. The Balaban J connectivity index is 3.11. The van der Waals surface area contributed by atoms with Gasteiger partial charge in [0.25, 0.3) is 0 Å². The molecule has 0 fully saturated rings. The molecule has 0 saturated carbocycles. The van der Waals surface area contributed by atoms with E-state index in [0.29, 0.717) is 11.2 Å². The van der Waals surface area contributed by atoms with Crippen molar-refractivity contribution < 1.29 is 4.79 Å². The Morgan fingerprint density at radius 3 is 2.70 bits per heavy atom. The summed E-state index contributed by atoms with van der Waals surface area (Å²) in [5.41, 5.74) is 4.97. The first-order valence-electron chi connectivity index (χ1n) is 3.59. The predicted molar refractivity (Wildman–Crippen MR) is 46.1 cm³/mol. The zero-order valence-electron chi connectivity index (χ0n) is 6.27. The van der Waals surface area contributed by atoms with Crippen LogP contribution in [0.4, 0.5) is 0 Å². The van der Waals surface area contributed by atoms with Crippen LogP contribution in [-0.4, -0.2) is 10.7 Å². The highest BCUT2D eigenvalue weighted by Crippen LogP contribution is 2.12. The lowest BCUT2D eigenvalue weighted by Gasteiger charge is -2.03. The summed E-state index contributed by atoms with van der Waals surface area (Å²) in [6.45, 7) is 2.11. The highest BCUT2D eigenvalue weighted by atomic mass is 79.9. The van der Waals surface area contributed by atoms with Crippen molar-refractivity contribution in [3.63, 3.8) is 0 Å². The number of rotatable bonds is 5. The van der Waals surface area contributed by atoms with E-state index in [2.05, 4.69) is 22.9 Å². The summed E-state index contributed by atoms with van der Waals surface area (Å²) >= 11 is 3.47. The highest BCUT2D eigenvalue weighted by Gasteiger charge is 2.01. The minimum absolute atomic E-state index is 0.198. The van der Waals surface area contributed by atoms with Gasteiger partial charge in [-0.25, -0.2) is 0 Å². The van der Waals surface area contributed by atoms with E-state index in [1.54, 1.807) is 0 Å². The molecule has 3 heteroatoms. The lowest BCUT2D eigenvalue weighted by atomic mass is 10.1. The first kappa shape index (κ1) is 9.95. The standard InChI is InChI=1S/C7H14BrNO/c1-2-6(8)4-3-5-7(9)10/h6H,2-5H2,1H3,(H2,9,10). The summed E-state index contributed by atoms with van der Waals surface area (Å²) < 4.78 is 0. The van der Waals surface area contributed by atoms with E-state index in [4.69, 9.17) is 5.73 Å². The Kier molecular flexibility index (Phi) is 5.69. The normalized spacial score (nSPS) is 13.0. The number of hydrogen-bond acceptors (Lipinski definition) is 1. The Morgan fingerprint density at radius 1 is 1.70 bits per heavy atom. The van der Waals surface area contributed by atoms with Gasteiger partial charge in [0.1, 0.15) is 0 Å². The van der Waals surface area contributed by atoms with Gasteiger partial charge in [-0.1, -0.05) is 22.9 Å². The van der Waals surface area contributed by atoms with E-state index < -0.39 is 0 Å². The van der Waals surface area contributed by atoms with E-state index in [9.17, 15) is 4.79 Å². The molecule has 0 aliphatic heterocycles. The van der Waals surface area contributed by atoms with Gasteiger partial charge in [-0.3, -0.25) is 4.79 Å². The molecule has 2 N–H and O–H groups in total. The van der Waals surface area contributed by atoms with Crippen LogP contribution in [0.2, 0.25) is 0 Å². The van der Waals surface area contributed by atoms with Crippen molar-refractivity contribution in [2.24, 2.45) is 5.73 Å². The maximum absolute atomic E-state index is 10.3. The molecule has 0 aliphatic rings. The number of amides is 1. The van der Waals surface area contributed by atoms with Crippen LogP contribution in [0, 0.1) is 0 Å². The minimum atomic E-state index is -0.198. The van der Waals surface area contributed by atoms with E-state index >= 15 is 0 Å². The number of alkyl halides is 1. The molecule has 0 aromatic heterocycles. The molecule has 1 atom stereocenters. The predicted octanol–water partition coefficient (Wildman–Crippen LogP) is 1.82. The van der Waals surface area contributed by atoms with E-state index in [0.717, 1.165) is 19.3 Å². The fourth-order valence-electron chi connectivity index (χ4n) is 0.702. The van der Waals surface area contributed by atoms with Gasteiger partial charge >= 0.3 is 0 Å². The monoisotopic (exact) mass is 207 g/mol. The first-order chi connectivity index (χ1) is 4.66. The van der Waals surface area contributed by atoms with Crippen molar-refractivity contribution >= 4 is 21.8 Å². The molecule has 0 heterocycles. The van der Waals surface area contributed by atoms with Gasteiger partial charge in [-0.2, -0.15) is 0 Å². The Morgan fingerprint density at radius 2 is 2.30 bits per heavy atom. The van der Waals surface area contributed by atoms with Crippen molar-refractivity contribution in [3.8, 4) is 0 Å². The van der Waals surface area contributed by atoms with Crippen LogP contribution in [0.3, 0.4) is 0 Å². The second-order valence-electron chi connectivity index (χ2n) is 2.36. The quantitative estimate of drug-likeness (QED) is 0.688. The smallest absolute Gasteiger partial charge is 0.217 e. The molecule has 0 aromatic rings. The van der Waals surface area contributed by atoms with Crippen LogP contribution in [0.5, 0.6) is 0 Å². The molecule has 0 aromatic carbocycles.